The van der Waals surface area contributed by atoms with Gasteiger partial charge in [-0.1, -0.05) is 32.1 Å². The third-order valence-corrected chi connectivity index (χ3v) is 2.94. The van der Waals surface area contributed by atoms with Crippen molar-refractivity contribution in [3.05, 3.63) is 0 Å². The maximum Gasteiger partial charge on any atom is 0.433 e. The van der Waals surface area contributed by atoms with Gasteiger partial charge in [-0.3, -0.25) is 0 Å². The van der Waals surface area contributed by atoms with Gasteiger partial charge in [0.1, 0.15) is 0 Å². The molecule has 1 fully saturated rings. The van der Waals surface area contributed by atoms with E-state index in [0.29, 0.717) is 6.61 Å². The second-order valence-electron chi connectivity index (χ2n) is 4.15. The minimum Gasteiger partial charge on any atom is -0.448 e. The molecule has 0 bridgehead atoms. The SMILES string of the molecule is CC=NC(=O)OCCCCC1CCCC1. The number of carbonyl (C=O) groups excluding carboxylic acids is 1. The Bertz CT molecular complexity index is 208. The normalized spacial score (nSPS) is 17.4. The fourth-order valence-electron chi connectivity index (χ4n) is 2.14. The summed E-state index contributed by atoms with van der Waals surface area (Å²) in [6.45, 7) is 2.23. The summed E-state index contributed by atoms with van der Waals surface area (Å²) in [4.78, 5) is 14.4. The van der Waals surface area contributed by atoms with Crippen LogP contribution in [-0.2, 0) is 4.74 Å². The summed E-state index contributed by atoms with van der Waals surface area (Å²) in [5, 5.41) is 0. The second kappa shape index (κ2) is 7.43. The van der Waals surface area contributed by atoms with Crippen LogP contribution in [0.1, 0.15) is 51.9 Å². The Kier molecular flexibility index (Phi) is 6.05. The Morgan fingerprint density at radius 2 is 2.13 bits per heavy atom. The molecule has 0 aromatic rings. The standard InChI is InChI=1S/C12H21NO2/c1-2-13-12(14)15-10-6-5-9-11-7-3-4-8-11/h2,11H,3-10H2,1H3. The van der Waals surface area contributed by atoms with Gasteiger partial charge in [-0.2, -0.15) is 4.99 Å². The highest BCUT2D eigenvalue weighted by molar-refractivity contribution is 5.78. The summed E-state index contributed by atoms with van der Waals surface area (Å²) in [5.74, 6) is 0.939. The molecule has 0 aromatic heterocycles. The summed E-state index contributed by atoms with van der Waals surface area (Å²) < 4.78 is 4.91. The summed E-state index contributed by atoms with van der Waals surface area (Å²) in [5.41, 5.74) is 0. The predicted octanol–water partition coefficient (Wildman–Crippen LogP) is 3.57. The van der Waals surface area contributed by atoms with Gasteiger partial charge in [0.05, 0.1) is 6.61 Å². The zero-order chi connectivity index (χ0) is 10.9. The first-order chi connectivity index (χ1) is 7.33. The van der Waals surface area contributed by atoms with Crippen molar-refractivity contribution in [2.75, 3.05) is 6.61 Å². The fraction of sp³-hybridized carbons (Fsp3) is 0.833. The van der Waals surface area contributed by atoms with E-state index in [4.69, 9.17) is 4.74 Å². The minimum absolute atomic E-state index is 0.460. The molecule has 1 rings (SSSR count). The Balaban J connectivity index is 1.90. The second-order valence-corrected chi connectivity index (χ2v) is 4.15. The van der Waals surface area contributed by atoms with Gasteiger partial charge in [-0.15, -0.1) is 0 Å². The van der Waals surface area contributed by atoms with Crippen LogP contribution in [0.5, 0.6) is 0 Å². The van der Waals surface area contributed by atoms with E-state index >= 15 is 0 Å². The van der Waals surface area contributed by atoms with Crippen LogP contribution in [0.2, 0.25) is 0 Å². The maximum atomic E-state index is 10.8. The van der Waals surface area contributed by atoms with Gasteiger partial charge in [0, 0.05) is 6.21 Å². The number of amides is 1. The zero-order valence-corrected chi connectivity index (χ0v) is 9.58. The smallest absolute Gasteiger partial charge is 0.433 e. The van der Waals surface area contributed by atoms with Crippen molar-refractivity contribution in [2.24, 2.45) is 10.9 Å². The first-order valence-corrected chi connectivity index (χ1v) is 5.98. The Morgan fingerprint density at radius 1 is 1.40 bits per heavy atom. The van der Waals surface area contributed by atoms with E-state index < -0.39 is 6.09 Å². The first-order valence-electron chi connectivity index (χ1n) is 5.98. The summed E-state index contributed by atoms with van der Waals surface area (Å²) in [7, 11) is 0. The van der Waals surface area contributed by atoms with Crippen LogP contribution >= 0.6 is 0 Å². The molecule has 0 spiro atoms. The largest absolute Gasteiger partial charge is 0.448 e. The summed E-state index contributed by atoms with van der Waals surface area (Å²) in [6.07, 6.45) is 10.1. The third-order valence-electron chi connectivity index (χ3n) is 2.94. The first kappa shape index (κ1) is 12.2. The average molecular weight is 211 g/mol. The Hall–Kier alpha value is -0.860. The number of nitrogens with zero attached hydrogens (tertiary/aromatic N) is 1. The molecule has 86 valence electrons. The highest BCUT2D eigenvalue weighted by atomic mass is 16.5. The lowest BCUT2D eigenvalue weighted by atomic mass is 10.0. The van der Waals surface area contributed by atoms with Gasteiger partial charge < -0.3 is 4.74 Å². The van der Waals surface area contributed by atoms with Crippen LogP contribution in [0.25, 0.3) is 0 Å². The molecule has 1 saturated carbocycles. The van der Waals surface area contributed by atoms with Crippen LogP contribution in [0, 0.1) is 5.92 Å². The van der Waals surface area contributed by atoms with Crippen LogP contribution < -0.4 is 0 Å². The minimum atomic E-state index is -0.460. The Morgan fingerprint density at radius 3 is 2.80 bits per heavy atom. The molecular formula is C12H21NO2. The van der Waals surface area contributed by atoms with Gasteiger partial charge in [-0.25, -0.2) is 4.79 Å². The number of rotatable bonds is 5. The van der Waals surface area contributed by atoms with Gasteiger partial charge in [0.15, 0.2) is 0 Å². The molecule has 0 heterocycles. The molecule has 0 aliphatic heterocycles. The molecule has 0 unspecified atom stereocenters. The van der Waals surface area contributed by atoms with E-state index in [9.17, 15) is 4.79 Å². The Labute approximate surface area is 91.9 Å². The maximum absolute atomic E-state index is 10.8. The van der Waals surface area contributed by atoms with E-state index in [1.807, 2.05) is 0 Å². The van der Waals surface area contributed by atoms with Gasteiger partial charge in [0.25, 0.3) is 0 Å². The van der Waals surface area contributed by atoms with Crippen molar-refractivity contribution in [1.82, 2.24) is 0 Å². The lowest BCUT2D eigenvalue weighted by Crippen LogP contribution is -2.01. The van der Waals surface area contributed by atoms with Crippen molar-refractivity contribution in [3.63, 3.8) is 0 Å². The van der Waals surface area contributed by atoms with E-state index in [1.165, 1.54) is 44.7 Å². The molecule has 1 aliphatic rings. The molecule has 15 heavy (non-hydrogen) atoms. The molecule has 0 radical (unpaired) electrons. The number of unbranched alkanes of at least 4 members (excludes halogenated alkanes) is 1. The molecule has 0 aromatic carbocycles. The molecule has 3 heteroatoms. The summed E-state index contributed by atoms with van der Waals surface area (Å²) in [6, 6.07) is 0. The number of aliphatic imine (C=N–C) groups is 1. The number of hydrogen-bond acceptors (Lipinski definition) is 2. The monoisotopic (exact) mass is 211 g/mol. The van der Waals surface area contributed by atoms with Crippen molar-refractivity contribution >= 4 is 12.3 Å². The average Bonchev–Trinajstić information content (AvgIpc) is 2.70. The van der Waals surface area contributed by atoms with E-state index in [1.54, 1.807) is 6.92 Å². The van der Waals surface area contributed by atoms with E-state index in [-0.39, 0.29) is 0 Å². The number of hydrogen-bond donors (Lipinski definition) is 0. The van der Waals surface area contributed by atoms with Crippen LogP contribution in [0.15, 0.2) is 4.99 Å². The molecule has 1 amide bonds. The molecule has 0 atom stereocenters. The van der Waals surface area contributed by atoms with Gasteiger partial charge >= 0.3 is 6.09 Å². The van der Waals surface area contributed by atoms with E-state index in [2.05, 4.69) is 4.99 Å². The topological polar surface area (TPSA) is 38.7 Å². The van der Waals surface area contributed by atoms with Crippen molar-refractivity contribution in [3.8, 4) is 0 Å². The molecule has 0 N–H and O–H groups in total. The van der Waals surface area contributed by atoms with Crippen LogP contribution in [0.3, 0.4) is 0 Å². The molecule has 3 nitrogen and oxygen atoms in total. The lowest BCUT2D eigenvalue weighted by Gasteiger charge is -2.07. The predicted molar refractivity (Wildman–Crippen MR) is 61.3 cm³/mol. The third kappa shape index (κ3) is 5.55. The highest BCUT2D eigenvalue weighted by Crippen LogP contribution is 2.28. The van der Waals surface area contributed by atoms with Crippen LogP contribution in [0.4, 0.5) is 4.79 Å². The number of carbonyl (C=O) groups is 1. The van der Waals surface area contributed by atoms with E-state index in [0.717, 1.165) is 12.3 Å². The summed E-state index contributed by atoms with van der Waals surface area (Å²) >= 11 is 0. The zero-order valence-electron chi connectivity index (χ0n) is 9.58. The van der Waals surface area contributed by atoms with Gasteiger partial charge in [-0.05, 0) is 25.7 Å². The van der Waals surface area contributed by atoms with Crippen molar-refractivity contribution in [2.45, 2.75) is 51.9 Å². The highest BCUT2D eigenvalue weighted by Gasteiger charge is 2.13. The molecule has 0 saturated heterocycles. The molecule has 1 aliphatic carbocycles. The van der Waals surface area contributed by atoms with Gasteiger partial charge in [0.2, 0.25) is 0 Å². The molecular weight excluding hydrogens is 190 g/mol. The number of ether oxygens (including phenoxy) is 1. The van der Waals surface area contributed by atoms with Crippen molar-refractivity contribution < 1.29 is 9.53 Å². The van der Waals surface area contributed by atoms with Crippen LogP contribution in [-0.4, -0.2) is 18.9 Å². The lowest BCUT2D eigenvalue weighted by molar-refractivity contribution is 0.154. The fourth-order valence-corrected chi connectivity index (χ4v) is 2.14. The quantitative estimate of drug-likeness (QED) is 0.515. The van der Waals surface area contributed by atoms with Crippen molar-refractivity contribution in [1.29, 1.82) is 0 Å².